The first-order chi connectivity index (χ1) is 10.5. The Morgan fingerprint density at radius 3 is 2.45 bits per heavy atom. The molecule has 1 aromatic carbocycles. The number of carbonyl (C=O) groups excluding carboxylic acids is 2. The van der Waals surface area contributed by atoms with Gasteiger partial charge < -0.3 is 15.2 Å². The summed E-state index contributed by atoms with van der Waals surface area (Å²) in [6, 6.07) is 8.82. The van der Waals surface area contributed by atoms with Crippen molar-refractivity contribution >= 4 is 11.9 Å². The van der Waals surface area contributed by atoms with Crippen molar-refractivity contribution in [2.75, 3.05) is 13.7 Å². The maximum Gasteiger partial charge on any atom is 0.326 e. The van der Waals surface area contributed by atoms with E-state index in [4.69, 9.17) is 20.9 Å². The van der Waals surface area contributed by atoms with Crippen LogP contribution in [0, 0.1) is 5.41 Å². The second-order valence-electron chi connectivity index (χ2n) is 4.84. The SMILES string of the molecule is C=CCCC(CN)(C(=O)OC)C(=O)OC(N)c1ccccc1. The largest absolute Gasteiger partial charge is 0.468 e. The highest BCUT2D eigenvalue weighted by Crippen LogP contribution is 2.29. The fourth-order valence-electron chi connectivity index (χ4n) is 2.04. The first kappa shape index (κ1) is 17.9. The van der Waals surface area contributed by atoms with E-state index in [1.165, 1.54) is 7.11 Å². The molecule has 6 nitrogen and oxygen atoms in total. The zero-order valence-corrected chi connectivity index (χ0v) is 12.7. The minimum absolute atomic E-state index is 0.153. The predicted molar refractivity (Wildman–Crippen MR) is 82.4 cm³/mol. The lowest BCUT2D eigenvalue weighted by atomic mass is 9.83. The summed E-state index contributed by atoms with van der Waals surface area (Å²) >= 11 is 0. The standard InChI is InChI=1S/C16H22N2O4/c1-3-4-10-16(11-17,14(19)21-2)15(20)22-13(18)12-8-6-5-7-9-12/h3,5-9,13H,1,4,10-11,17-18H2,2H3. The zero-order valence-electron chi connectivity index (χ0n) is 12.7. The van der Waals surface area contributed by atoms with Crippen LogP contribution in [0.4, 0.5) is 0 Å². The number of allylic oxidation sites excluding steroid dienone is 1. The Labute approximate surface area is 130 Å². The van der Waals surface area contributed by atoms with Gasteiger partial charge in [0.2, 0.25) is 0 Å². The van der Waals surface area contributed by atoms with Gasteiger partial charge in [0.05, 0.1) is 7.11 Å². The number of hydrogen-bond acceptors (Lipinski definition) is 6. The van der Waals surface area contributed by atoms with Crippen LogP contribution in [0.2, 0.25) is 0 Å². The lowest BCUT2D eigenvalue weighted by molar-refractivity contribution is -0.174. The van der Waals surface area contributed by atoms with E-state index in [1.807, 2.05) is 6.07 Å². The fraction of sp³-hybridized carbons (Fsp3) is 0.375. The molecule has 2 unspecified atom stereocenters. The summed E-state index contributed by atoms with van der Waals surface area (Å²) in [6.07, 6.45) is 1.19. The Bertz CT molecular complexity index is 518. The molecule has 4 N–H and O–H groups in total. The van der Waals surface area contributed by atoms with Gasteiger partial charge in [-0.05, 0) is 12.8 Å². The van der Waals surface area contributed by atoms with Crippen molar-refractivity contribution in [3.05, 3.63) is 48.6 Å². The highest BCUT2D eigenvalue weighted by Gasteiger charge is 2.47. The smallest absolute Gasteiger partial charge is 0.326 e. The quantitative estimate of drug-likeness (QED) is 0.324. The van der Waals surface area contributed by atoms with Crippen LogP contribution < -0.4 is 11.5 Å². The summed E-state index contributed by atoms with van der Waals surface area (Å²) in [5.74, 6) is -1.53. The molecule has 0 amide bonds. The average Bonchev–Trinajstić information content (AvgIpc) is 2.56. The van der Waals surface area contributed by atoms with Gasteiger partial charge in [0.1, 0.15) is 0 Å². The molecule has 0 aliphatic heterocycles. The number of methoxy groups -OCH3 is 1. The van der Waals surface area contributed by atoms with Crippen molar-refractivity contribution in [3.8, 4) is 0 Å². The van der Waals surface area contributed by atoms with Crippen LogP contribution in [0.1, 0.15) is 24.6 Å². The van der Waals surface area contributed by atoms with Gasteiger partial charge in [0.15, 0.2) is 11.6 Å². The van der Waals surface area contributed by atoms with E-state index in [1.54, 1.807) is 30.3 Å². The fourth-order valence-corrected chi connectivity index (χ4v) is 2.04. The van der Waals surface area contributed by atoms with E-state index in [0.717, 1.165) is 0 Å². The first-order valence-electron chi connectivity index (χ1n) is 6.92. The predicted octanol–water partition coefficient (Wildman–Crippen LogP) is 1.27. The number of benzene rings is 1. The molecule has 0 radical (unpaired) electrons. The van der Waals surface area contributed by atoms with Crippen LogP contribution in [0.15, 0.2) is 43.0 Å². The summed E-state index contributed by atoms with van der Waals surface area (Å²) in [5, 5.41) is 0. The Morgan fingerprint density at radius 2 is 1.95 bits per heavy atom. The molecule has 0 aromatic heterocycles. The molecule has 120 valence electrons. The molecule has 0 saturated carbocycles. The number of rotatable bonds is 8. The Hall–Kier alpha value is -2.18. The third-order valence-corrected chi connectivity index (χ3v) is 3.45. The van der Waals surface area contributed by atoms with E-state index in [2.05, 4.69) is 6.58 Å². The molecule has 22 heavy (non-hydrogen) atoms. The van der Waals surface area contributed by atoms with Gasteiger partial charge in [0, 0.05) is 12.1 Å². The van der Waals surface area contributed by atoms with E-state index in [9.17, 15) is 9.59 Å². The Morgan fingerprint density at radius 1 is 1.32 bits per heavy atom. The highest BCUT2D eigenvalue weighted by molar-refractivity contribution is 6.00. The third kappa shape index (κ3) is 3.93. The average molecular weight is 306 g/mol. The molecule has 0 aliphatic rings. The van der Waals surface area contributed by atoms with Crippen LogP contribution in [-0.4, -0.2) is 25.6 Å². The molecule has 0 bridgehead atoms. The highest BCUT2D eigenvalue weighted by atomic mass is 16.6. The molecule has 0 saturated heterocycles. The van der Waals surface area contributed by atoms with E-state index >= 15 is 0 Å². The van der Waals surface area contributed by atoms with Gasteiger partial charge in [-0.15, -0.1) is 6.58 Å². The van der Waals surface area contributed by atoms with Crippen LogP contribution in [0.25, 0.3) is 0 Å². The molecule has 2 atom stereocenters. The van der Waals surface area contributed by atoms with Crippen LogP contribution in [-0.2, 0) is 19.1 Å². The van der Waals surface area contributed by atoms with Crippen molar-refractivity contribution in [1.82, 2.24) is 0 Å². The minimum Gasteiger partial charge on any atom is -0.468 e. The zero-order chi connectivity index (χ0) is 16.6. The first-order valence-corrected chi connectivity index (χ1v) is 6.92. The summed E-state index contributed by atoms with van der Waals surface area (Å²) in [5.41, 5.74) is 10.6. The number of hydrogen-bond donors (Lipinski definition) is 2. The summed E-state index contributed by atoms with van der Waals surface area (Å²) in [4.78, 5) is 24.5. The summed E-state index contributed by atoms with van der Waals surface area (Å²) in [6.45, 7) is 3.35. The Kier molecular flexibility index (Phi) is 6.75. The molecule has 6 heteroatoms. The second-order valence-corrected chi connectivity index (χ2v) is 4.84. The number of ether oxygens (including phenoxy) is 2. The normalized spacial score (nSPS) is 14.5. The topological polar surface area (TPSA) is 105 Å². The maximum absolute atomic E-state index is 12.5. The van der Waals surface area contributed by atoms with Crippen molar-refractivity contribution in [1.29, 1.82) is 0 Å². The maximum atomic E-state index is 12.5. The number of esters is 2. The van der Waals surface area contributed by atoms with Crippen molar-refractivity contribution in [3.63, 3.8) is 0 Å². The van der Waals surface area contributed by atoms with Crippen molar-refractivity contribution < 1.29 is 19.1 Å². The third-order valence-electron chi connectivity index (χ3n) is 3.45. The van der Waals surface area contributed by atoms with Crippen LogP contribution in [0.3, 0.4) is 0 Å². The van der Waals surface area contributed by atoms with Crippen molar-refractivity contribution in [2.45, 2.75) is 19.1 Å². The number of carbonyl (C=O) groups is 2. The van der Waals surface area contributed by atoms with Gasteiger partial charge >= 0.3 is 11.9 Å². The van der Waals surface area contributed by atoms with E-state index in [-0.39, 0.29) is 13.0 Å². The van der Waals surface area contributed by atoms with Gasteiger partial charge in [-0.2, -0.15) is 0 Å². The molecule has 1 aromatic rings. The van der Waals surface area contributed by atoms with Gasteiger partial charge in [-0.1, -0.05) is 36.4 Å². The molecule has 0 aliphatic carbocycles. The van der Waals surface area contributed by atoms with Gasteiger partial charge in [-0.3, -0.25) is 15.3 Å². The summed E-state index contributed by atoms with van der Waals surface area (Å²) < 4.78 is 9.95. The van der Waals surface area contributed by atoms with Gasteiger partial charge in [0.25, 0.3) is 0 Å². The molecule has 1 rings (SSSR count). The molecule has 0 heterocycles. The molecular weight excluding hydrogens is 284 g/mol. The summed E-state index contributed by atoms with van der Waals surface area (Å²) in [7, 11) is 1.20. The van der Waals surface area contributed by atoms with E-state index in [0.29, 0.717) is 12.0 Å². The number of nitrogens with two attached hydrogens (primary N) is 2. The molecule has 0 fully saturated rings. The second kappa shape index (κ2) is 8.31. The lowest BCUT2D eigenvalue weighted by Crippen LogP contribution is -2.48. The monoisotopic (exact) mass is 306 g/mol. The minimum atomic E-state index is -1.57. The van der Waals surface area contributed by atoms with E-state index < -0.39 is 23.6 Å². The van der Waals surface area contributed by atoms with Crippen molar-refractivity contribution in [2.24, 2.45) is 16.9 Å². The van der Waals surface area contributed by atoms with Crippen LogP contribution >= 0.6 is 0 Å². The Balaban J connectivity index is 2.96. The van der Waals surface area contributed by atoms with Gasteiger partial charge in [-0.25, -0.2) is 0 Å². The van der Waals surface area contributed by atoms with Crippen LogP contribution in [0.5, 0.6) is 0 Å². The molecular formula is C16H22N2O4. The molecule has 0 spiro atoms. The lowest BCUT2D eigenvalue weighted by Gasteiger charge is -2.28.